The highest BCUT2D eigenvalue weighted by atomic mass is 16.6. The molecule has 0 aliphatic heterocycles. The number of benzene rings is 2. The molecule has 1 amide bonds. The van der Waals surface area contributed by atoms with Crippen molar-refractivity contribution in [1.82, 2.24) is 20.8 Å². The van der Waals surface area contributed by atoms with Crippen LogP contribution in [0.1, 0.15) is 55.1 Å². The fraction of sp³-hybridized carbons (Fsp3) is 0.229. The molecule has 0 aliphatic carbocycles. The zero-order valence-electron chi connectivity index (χ0n) is 28.5. The van der Waals surface area contributed by atoms with Gasteiger partial charge in [0.2, 0.25) is 0 Å². The molecule has 4 heterocycles. The smallest absolute Gasteiger partial charge is 0.354 e. The lowest BCUT2D eigenvalue weighted by molar-refractivity contribution is -0.385. The zero-order chi connectivity index (χ0) is 38.5. The van der Waals surface area contributed by atoms with Gasteiger partial charge in [0.15, 0.2) is 11.2 Å². The summed E-state index contributed by atoms with van der Waals surface area (Å²) in [5.74, 6) is 8.01. The molecule has 54 heavy (non-hydrogen) atoms. The third-order valence-corrected chi connectivity index (χ3v) is 7.27. The summed E-state index contributed by atoms with van der Waals surface area (Å²) in [5.41, 5.74) is 9.67. The van der Waals surface area contributed by atoms with E-state index in [4.69, 9.17) is 18.3 Å². The number of nitrogens with zero attached hydrogens (tertiary/aromatic N) is 2. The van der Waals surface area contributed by atoms with Gasteiger partial charge in [-0.3, -0.25) is 46.9 Å². The summed E-state index contributed by atoms with van der Waals surface area (Å²) in [6.07, 6.45) is 0.808. The van der Waals surface area contributed by atoms with Crippen molar-refractivity contribution in [2.24, 2.45) is 11.7 Å². The number of nitro groups is 2. The van der Waals surface area contributed by atoms with Gasteiger partial charge in [-0.15, -0.1) is 0 Å². The second-order valence-electron chi connectivity index (χ2n) is 10.8. The molecule has 0 atom stereocenters. The predicted molar refractivity (Wildman–Crippen MR) is 198 cm³/mol. The molecular formula is C35H40N8O11. The number of non-ortho nitro benzene ring substituents is 2. The second-order valence-corrected chi connectivity index (χ2v) is 10.8. The standard InChI is InChI=1S/C19H20N4O6.C15H12N2O5.CH4.H4N2/c1-2-28-18(24)4-3-9-20-22-19(25)15-11-17-14(21-15)10-16(29-17)12-5-7-13(8-6-12)23(26)27;1-2-21-15(18)12-8-14-11(16-12)7-13(22-14)9-3-5-10(6-4-9)17(19)20;;1-2/h5-8,10-11,20-21H,2-4,9H2,1H3,(H,22,25);3-8,16H,2H2,1H3;1H4;1-2H2. The van der Waals surface area contributed by atoms with E-state index in [0.717, 1.165) is 0 Å². The highest BCUT2D eigenvalue weighted by Crippen LogP contribution is 2.31. The predicted octanol–water partition coefficient (Wildman–Crippen LogP) is 5.88. The van der Waals surface area contributed by atoms with Gasteiger partial charge < -0.3 is 28.3 Å². The van der Waals surface area contributed by atoms with Crippen molar-refractivity contribution >= 4 is 51.4 Å². The average molecular weight is 749 g/mol. The maximum atomic E-state index is 12.2. The van der Waals surface area contributed by atoms with E-state index in [-0.39, 0.29) is 37.1 Å². The van der Waals surface area contributed by atoms with Crippen LogP contribution in [0, 0.1) is 20.2 Å². The van der Waals surface area contributed by atoms with Crippen LogP contribution in [-0.2, 0) is 14.3 Å². The van der Waals surface area contributed by atoms with Crippen molar-refractivity contribution in [3.63, 3.8) is 0 Å². The number of carbonyl (C=O) groups excluding carboxylic acids is 3. The lowest BCUT2D eigenvalue weighted by Crippen LogP contribution is -2.38. The van der Waals surface area contributed by atoms with Gasteiger partial charge in [0.1, 0.15) is 22.9 Å². The molecule has 0 radical (unpaired) electrons. The Morgan fingerprint density at radius 3 is 1.65 bits per heavy atom. The summed E-state index contributed by atoms with van der Waals surface area (Å²) in [6, 6.07) is 18.7. The zero-order valence-corrected chi connectivity index (χ0v) is 28.5. The van der Waals surface area contributed by atoms with E-state index in [2.05, 4.69) is 32.5 Å². The summed E-state index contributed by atoms with van der Waals surface area (Å²) in [5, 5.41) is 21.4. The van der Waals surface area contributed by atoms with Gasteiger partial charge in [0.05, 0.1) is 34.1 Å². The minimum atomic E-state index is -0.466. The number of H-pyrrole nitrogens is 2. The molecule has 4 aromatic heterocycles. The quantitative estimate of drug-likeness (QED) is 0.0264. The Hall–Kier alpha value is -6.83. The molecule has 2 aromatic carbocycles. The van der Waals surface area contributed by atoms with Gasteiger partial charge in [0.25, 0.3) is 17.3 Å². The van der Waals surface area contributed by atoms with Gasteiger partial charge in [-0.25, -0.2) is 10.2 Å². The number of rotatable bonds is 13. The molecule has 6 aromatic rings. The van der Waals surface area contributed by atoms with E-state index in [9.17, 15) is 34.6 Å². The van der Waals surface area contributed by atoms with Crippen LogP contribution in [0.15, 0.2) is 81.6 Å². The Bertz CT molecular complexity index is 2120. The van der Waals surface area contributed by atoms with Crippen LogP contribution in [0.2, 0.25) is 0 Å². The Balaban J connectivity index is 0.000000281. The van der Waals surface area contributed by atoms with E-state index in [0.29, 0.717) is 82.4 Å². The number of hydrogen-bond acceptors (Lipinski definition) is 14. The number of hydrogen-bond donors (Lipinski definition) is 6. The van der Waals surface area contributed by atoms with Crippen molar-refractivity contribution in [3.05, 3.63) is 104 Å². The maximum Gasteiger partial charge on any atom is 0.354 e. The van der Waals surface area contributed by atoms with Crippen molar-refractivity contribution in [3.8, 4) is 22.6 Å². The molecule has 6 rings (SSSR count). The molecule has 19 nitrogen and oxygen atoms in total. The molecule has 0 fully saturated rings. The fourth-order valence-electron chi connectivity index (χ4n) is 4.83. The molecule has 19 heteroatoms. The third-order valence-electron chi connectivity index (χ3n) is 7.27. The largest absolute Gasteiger partial charge is 0.466 e. The van der Waals surface area contributed by atoms with Crippen LogP contribution < -0.4 is 22.5 Å². The number of nitro benzene ring substituents is 2. The summed E-state index contributed by atoms with van der Waals surface area (Å²) in [4.78, 5) is 61.3. The average Bonchev–Trinajstić information content (AvgIpc) is 3.93. The number of esters is 2. The highest BCUT2D eigenvalue weighted by Gasteiger charge is 2.17. The molecule has 0 saturated carbocycles. The Morgan fingerprint density at radius 2 is 1.20 bits per heavy atom. The van der Waals surface area contributed by atoms with Crippen LogP contribution in [0.4, 0.5) is 11.4 Å². The maximum absolute atomic E-state index is 12.2. The molecule has 0 aliphatic rings. The van der Waals surface area contributed by atoms with Gasteiger partial charge in [-0.2, -0.15) is 0 Å². The monoisotopic (exact) mass is 748 g/mol. The number of aromatic amines is 2. The van der Waals surface area contributed by atoms with E-state index in [1.165, 1.54) is 24.3 Å². The third kappa shape index (κ3) is 10.6. The van der Waals surface area contributed by atoms with E-state index >= 15 is 0 Å². The number of aromatic nitrogens is 2. The van der Waals surface area contributed by atoms with E-state index < -0.39 is 15.8 Å². The van der Waals surface area contributed by atoms with Crippen LogP contribution >= 0.6 is 0 Å². The minimum absolute atomic E-state index is 0. The first kappa shape index (κ1) is 41.6. The number of amides is 1. The molecule has 286 valence electrons. The molecule has 0 unspecified atom stereocenters. The summed E-state index contributed by atoms with van der Waals surface area (Å²) in [6.45, 7) is 4.55. The van der Waals surface area contributed by atoms with Crippen LogP contribution in [0.5, 0.6) is 0 Å². The number of carbonyl (C=O) groups is 3. The lowest BCUT2D eigenvalue weighted by Gasteiger charge is -2.06. The Labute approximate surface area is 307 Å². The Morgan fingerprint density at radius 1 is 0.741 bits per heavy atom. The number of furan rings is 2. The van der Waals surface area contributed by atoms with E-state index in [1.807, 2.05) is 0 Å². The van der Waals surface area contributed by atoms with Gasteiger partial charge in [-0.1, -0.05) is 7.43 Å². The fourth-order valence-corrected chi connectivity index (χ4v) is 4.83. The van der Waals surface area contributed by atoms with Crippen molar-refractivity contribution in [2.75, 3.05) is 19.8 Å². The summed E-state index contributed by atoms with van der Waals surface area (Å²) in [7, 11) is 0. The van der Waals surface area contributed by atoms with Crippen LogP contribution in [0.3, 0.4) is 0 Å². The topological polar surface area (TPSA) is 290 Å². The summed E-state index contributed by atoms with van der Waals surface area (Å²) < 4.78 is 21.1. The molecule has 8 N–H and O–H groups in total. The number of ether oxygens (including phenoxy) is 2. The van der Waals surface area contributed by atoms with Crippen molar-refractivity contribution < 1.29 is 42.5 Å². The molecular weight excluding hydrogens is 708 g/mol. The number of nitrogens with two attached hydrogens (primary N) is 2. The SMILES string of the molecule is C.CCOC(=O)CCCNNC(=O)c1cc2oc(-c3ccc([N+](=O)[O-])cc3)cc2[nH]1.CCOC(=O)c1cc2oc(-c3ccc([N+](=O)[O-])cc3)cc2[nH]1.NN. The summed E-state index contributed by atoms with van der Waals surface area (Å²) >= 11 is 0. The van der Waals surface area contributed by atoms with E-state index in [1.54, 1.807) is 62.4 Å². The number of fused-ring (bicyclic) bond motifs is 2. The molecule has 0 bridgehead atoms. The lowest BCUT2D eigenvalue weighted by atomic mass is 10.1. The number of nitrogens with one attached hydrogen (secondary N) is 4. The minimum Gasteiger partial charge on any atom is -0.466 e. The van der Waals surface area contributed by atoms with Gasteiger partial charge >= 0.3 is 11.9 Å². The van der Waals surface area contributed by atoms with Gasteiger partial charge in [0, 0.05) is 72.6 Å². The first-order valence-corrected chi connectivity index (χ1v) is 16.0. The highest BCUT2D eigenvalue weighted by molar-refractivity contribution is 5.97. The first-order chi connectivity index (χ1) is 25.6. The Kier molecular flexibility index (Phi) is 15.2. The molecule has 0 saturated heterocycles. The van der Waals surface area contributed by atoms with Gasteiger partial charge in [-0.05, 0) is 44.5 Å². The van der Waals surface area contributed by atoms with Crippen LogP contribution in [0.25, 0.3) is 44.8 Å². The second kappa shape index (κ2) is 19.7. The normalized spacial score (nSPS) is 10.3. The molecule has 0 spiro atoms. The van der Waals surface area contributed by atoms with Crippen molar-refractivity contribution in [1.29, 1.82) is 0 Å². The van der Waals surface area contributed by atoms with Crippen molar-refractivity contribution in [2.45, 2.75) is 34.1 Å². The van der Waals surface area contributed by atoms with Crippen LogP contribution in [-0.4, -0.2) is 57.4 Å². The number of hydrazine groups is 2. The first-order valence-electron chi connectivity index (χ1n) is 16.0.